The van der Waals surface area contributed by atoms with Crippen LogP contribution in [0.4, 0.5) is 4.39 Å². The molecule has 2 rings (SSSR count). The van der Waals surface area contributed by atoms with E-state index in [4.69, 9.17) is 9.47 Å². The highest BCUT2D eigenvalue weighted by molar-refractivity contribution is 5.76. The molecule has 0 aliphatic carbocycles. The molecule has 0 spiro atoms. The van der Waals surface area contributed by atoms with Crippen molar-refractivity contribution in [2.24, 2.45) is 0 Å². The number of halogens is 1. The van der Waals surface area contributed by atoms with E-state index in [0.29, 0.717) is 31.9 Å². The number of rotatable bonds is 4. The first kappa shape index (κ1) is 14.8. The Morgan fingerprint density at radius 3 is 2.50 bits per heavy atom. The smallest absolute Gasteiger partial charge is 0.226 e. The molecule has 5 heteroatoms. The molecule has 0 saturated carbocycles. The number of ether oxygens (including phenoxy) is 2. The SMILES string of the molecule is CC1CN(C(=O)CCOc2ccc(F)cc2)CC(C)O1. The lowest BCUT2D eigenvalue weighted by atomic mass is 10.2. The van der Waals surface area contributed by atoms with Gasteiger partial charge in [-0.2, -0.15) is 0 Å². The van der Waals surface area contributed by atoms with Gasteiger partial charge in [-0.1, -0.05) is 0 Å². The zero-order chi connectivity index (χ0) is 14.5. The van der Waals surface area contributed by atoms with Crippen LogP contribution in [0.2, 0.25) is 0 Å². The van der Waals surface area contributed by atoms with Crippen molar-refractivity contribution in [1.29, 1.82) is 0 Å². The second kappa shape index (κ2) is 6.70. The Morgan fingerprint density at radius 2 is 1.90 bits per heavy atom. The summed E-state index contributed by atoms with van der Waals surface area (Å²) in [6.07, 6.45) is 0.457. The summed E-state index contributed by atoms with van der Waals surface area (Å²) in [5, 5.41) is 0. The maximum atomic E-state index is 12.7. The van der Waals surface area contributed by atoms with Gasteiger partial charge in [0.15, 0.2) is 0 Å². The minimum Gasteiger partial charge on any atom is -0.493 e. The van der Waals surface area contributed by atoms with Crippen molar-refractivity contribution >= 4 is 5.91 Å². The Balaban J connectivity index is 1.76. The van der Waals surface area contributed by atoms with Gasteiger partial charge in [-0.3, -0.25) is 4.79 Å². The number of benzene rings is 1. The number of morpholine rings is 1. The monoisotopic (exact) mass is 281 g/mol. The van der Waals surface area contributed by atoms with Gasteiger partial charge >= 0.3 is 0 Å². The van der Waals surface area contributed by atoms with E-state index in [-0.39, 0.29) is 23.9 Å². The molecule has 1 heterocycles. The van der Waals surface area contributed by atoms with Gasteiger partial charge in [0.2, 0.25) is 5.91 Å². The van der Waals surface area contributed by atoms with E-state index in [2.05, 4.69) is 0 Å². The lowest BCUT2D eigenvalue weighted by Gasteiger charge is -2.35. The summed E-state index contributed by atoms with van der Waals surface area (Å²) in [5.41, 5.74) is 0. The third-order valence-corrected chi connectivity index (χ3v) is 3.17. The van der Waals surface area contributed by atoms with Crippen molar-refractivity contribution in [3.63, 3.8) is 0 Å². The summed E-state index contributed by atoms with van der Waals surface area (Å²) < 4.78 is 23.7. The summed E-state index contributed by atoms with van der Waals surface area (Å²) in [5.74, 6) is 0.335. The first-order chi connectivity index (χ1) is 9.54. The van der Waals surface area contributed by atoms with E-state index in [9.17, 15) is 9.18 Å². The normalized spacial score (nSPS) is 22.6. The first-order valence-corrected chi connectivity index (χ1v) is 6.86. The van der Waals surface area contributed by atoms with Crippen LogP contribution in [0.3, 0.4) is 0 Å². The number of carbonyl (C=O) groups is 1. The molecule has 0 N–H and O–H groups in total. The topological polar surface area (TPSA) is 38.8 Å². The van der Waals surface area contributed by atoms with Gasteiger partial charge in [-0.15, -0.1) is 0 Å². The number of hydrogen-bond donors (Lipinski definition) is 0. The molecule has 1 aliphatic heterocycles. The summed E-state index contributed by atoms with van der Waals surface area (Å²) in [6, 6.07) is 5.78. The molecule has 1 aromatic rings. The summed E-state index contributed by atoms with van der Waals surface area (Å²) in [7, 11) is 0. The Kier molecular flexibility index (Phi) is 4.95. The molecule has 0 aromatic heterocycles. The van der Waals surface area contributed by atoms with E-state index in [0.717, 1.165) is 0 Å². The first-order valence-electron chi connectivity index (χ1n) is 6.86. The molecule has 110 valence electrons. The zero-order valence-corrected chi connectivity index (χ0v) is 11.8. The predicted molar refractivity (Wildman–Crippen MR) is 73.1 cm³/mol. The molecule has 0 radical (unpaired) electrons. The molecular weight excluding hydrogens is 261 g/mol. The average Bonchev–Trinajstić information content (AvgIpc) is 2.40. The van der Waals surface area contributed by atoms with Crippen LogP contribution < -0.4 is 4.74 Å². The molecule has 2 unspecified atom stereocenters. The fourth-order valence-electron chi connectivity index (χ4n) is 2.33. The lowest BCUT2D eigenvalue weighted by molar-refractivity contribution is -0.143. The van der Waals surface area contributed by atoms with E-state index in [1.807, 2.05) is 18.7 Å². The summed E-state index contributed by atoms with van der Waals surface area (Å²) >= 11 is 0. The Bertz CT molecular complexity index is 439. The van der Waals surface area contributed by atoms with E-state index in [1.54, 1.807) is 12.1 Å². The third kappa shape index (κ3) is 4.20. The number of carbonyl (C=O) groups excluding carboxylic acids is 1. The quantitative estimate of drug-likeness (QED) is 0.849. The molecule has 20 heavy (non-hydrogen) atoms. The van der Waals surface area contributed by atoms with Crippen molar-refractivity contribution in [1.82, 2.24) is 4.90 Å². The van der Waals surface area contributed by atoms with Crippen LogP contribution in [-0.4, -0.2) is 42.7 Å². The van der Waals surface area contributed by atoms with Gasteiger partial charge in [0.05, 0.1) is 25.2 Å². The van der Waals surface area contributed by atoms with E-state index >= 15 is 0 Å². The van der Waals surface area contributed by atoms with Crippen LogP contribution >= 0.6 is 0 Å². The number of nitrogens with zero attached hydrogens (tertiary/aromatic N) is 1. The highest BCUT2D eigenvalue weighted by atomic mass is 19.1. The second-order valence-electron chi connectivity index (χ2n) is 5.11. The van der Waals surface area contributed by atoms with Crippen molar-refractivity contribution in [2.75, 3.05) is 19.7 Å². The van der Waals surface area contributed by atoms with Crippen molar-refractivity contribution in [3.05, 3.63) is 30.1 Å². The zero-order valence-electron chi connectivity index (χ0n) is 11.8. The van der Waals surface area contributed by atoms with Crippen LogP contribution in [0.25, 0.3) is 0 Å². The van der Waals surface area contributed by atoms with Crippen molar-refractivity contribution < 1.29 is 18.7 Å². The van der Waals surface area contributed by atoms with Crippen LogP contribution in [0.15, 0.2) is 24.3 Å². The number of amides is 1. The minimum absolute atomic E-state index is 0.0640. The van der Waals surface area contributed by atoms with Gasteiger partial charge < -0.3 is 14.4 Å². The van der Waals surface area contributed by atoms with E-state index < -0.39 is 0 Å². The van der Waals surface area contributed by atoms with Gasteiger partial charge in [-0.25, -0.2) is 4.39 Å². The third-order valence-electron chi connectivity index (χ3n) is 3.17. The molecule has 2 atom stereocenters. The standard InChI is InChI=1S/C15H20FNO3/c1-11-9-17(10-12(2)20-11)15(18)7-8-19-14-5-3-13(16)4-6-14/h3-6,11-12H,7-10H2,1-2H3. The van der Waals surface area contributed by atoms with Crippen LogP contribution in [-0.2, 0) is 9.53 Å². The fourth-order valence-corrected chi connectivity index (χ4v) is 2.33. The lowest BCUT2D eigenvalue weighted by Crippen LogP contribution is -2.48. The molecule has 4 nitrogen and oxygen atoms in total. The molecule has 1 saturated heterocycles. The van der Waals surface area contributed by atoms with Crippen LogP contribution in [0.1, 0.15) is 20.3 Å². The Labute approximate surface area is 118 Å². The molecule has 0 bridgehead atoms. The fraction of sp³-hybridized carbons (Fsp3) is 0.533. The molecule has 1 amide bonds. The largest absolute Gasteiger partial charge is 0.493 e. The predicted octanol–water partition coefficient (Wildman–Crippen LogP) is 2.23. The maximum Gasteiger partial charge on any atom is 0.226 e. The minimum atomic E-state index is -0.301. The van der Waals surface area contributed by atoms with Crippen molar-refractivity contribution in [3.8, 4) is 5.75 Å². The van der Waals surface area contributed by atoms with Gasteiger partial charge in [0.25, 0.3) is 0 Å². The number of hydrogen-bond acceptors (Lipinski definition) is 3. The van der Waals surface area contributed by atoms with Gasteiger partial charge in [-0.05, 0) is 38.1 Å². The molecular formula is C15H20FNO3. The Hall–Kier alpha value is -1.62. The van der Waals surface area contributed by atoms with Gasteiger partial charge in [0.1, 0.15) is 11.6 Å². The van der Waals surface area contributed by atoms with E-state index in [1.165, 1.54) is 12.1 Å². The average molecular weight is 281 g/mol. The second-order valence-corrected chi connectivity index (χ2v) is 5.11. The molecule has 1 fully saturated rings. The highest BCUT2D eigenvalue weighted by Gasteiger charge is 2.25. The molecule has 1 aromatic carbocycles. The molecule has 1 aliphatic rings. The maximum absolute atomic E-state index is 12.7. The Morgan fingerprint density at radius 1 is 1.30 bits per heavy atom. The van der Waals surface area contributed by atoms with Crippen molar-refractivity contribution in [2.45, 2.75) is 32.5 Å². The van der Waals surface area contributed by atoms with Crippen LogP contribution in [0.5, 0.6) is 5.75 Å². The van der Waals surface area contributed by atoms with Gasteiger partial charge in [0, 0.05) is 13.1 Å². The summed E-state index contributed by atoms with van der Waals surface area (Å²) in [6.45, 7) is 5.47. The highest BCUT2D eigenvalue weighted by Crippen LogP contribution is 2.13. The summed E-state index contributed by atoms with van der Waals surface area (Å²) in [4.78, 5) is 13.9. The van der Waals surface area contributed by atoms with Crippen LogP contribution in [0, 0.1) is 5.82 Å².